The first-order chi connectivity index (χ1) is 10.7. The molecule has 0 aromatic carbocycles. The van der Waals surface area contributed by atoms with Gasteiger partial charge in [-0.3, -0.25) is 4.79 Å². The van der Waals surface area contributed by atoms with Crippen molar-refractivity contribution in [3.8, 4) is 0 Å². The van der Waals surface area contributed by atoms with Crippen molar-refractivity contribution in [1.29, 1.82) is 0 Å². The number of carbonyl (C=O) groups excluding carboxylic acids is 1. The monoisotopic (exact) mass is 302 g/mol. The first kappa shape index (κ1) is 15.3. The molecule has 1 aromatic heterocycles. The second kappa shape index (κ2) is 7.07. The van der Waals surface area contributed by atoms with Crippen LogP contribution in [0.4, 0.5) is 5.82 Å². The van der Waals surface area contributed by atoms with Gasteiger partial charge in [0, 0.05) is 19.1 Å². The molecule has 2 heterocycles. The summed E-state index contributed by atoms with van der Waals surface area (Å²) >= 11 is 0. The Labute approximate surface area is 132 Å². The fourth-order valence-corrected chi connectivity index (χ4v) is 3.39. The average molecular weight is 302 g/mol. The maximum absolute atomic E-state index is 12.3. The lowest BCUT2D eigenvalue weighted by Gasteiger charge is -2.28. The first-order valence-corrected chi connectivity index (χ1v) is 8.60. The van der Waals surface area contributed by atoms with E-state index in [1.165, 1.54) is 32.1 Å². The molecule has 0 unspecified atom stereocenters. The Morgan fingerprint density at radius 1 is 1.09 bits per heavy atom. The molecular weight excluding hydrogens is 276 g/mol. The fourth-order valence-electron chi connectivity index (χ4n) is 3.39. The highest BCUT2D eigenvalue weighted by Gasteiger charge is 2.21. The maximum atomic E-state index is 12.3. The van der Waals surface area contributed by atoms with Crippen molar-refractivity contribution in [3.63, 3.8) is 0 Å². The molecule has 0 radical (unpaired) electrons. The van der Waals surface area contributed by atoms with Crippen molar-refractivity contribution in [2.24, 2.45) is 5.92 Å². The second-order valence-corrected chi connectivity index (χ2v) is 6.74. The number of nitrogens with one attached hydrogen (secondary N) is 1. The van der Waals surface area contributed by atoms with Gasteiger partial charge in [-0.15, -0.1) is 0 Å². The lowest BCUT2D eigenvalue weighted by atomic mass is 9.87. The zero-order valence-corrected chi connectivity index (χ0v) is 13.4. The Bertz CT molecular complexity index is 488. The molecule has 3 rings (SSSR count). The topological polar surface area (TPSA) is 58.1 Å². The van der Waals surface area contributed by atoms with Crippen LogP contribution in [0.2, 0.25) is 0 Å². The molecule has 120 valence electrons. The van der Waals surface area contributed by atoms with Gasteiger partial charge >= 0.3 is 0 Å². The van der Waals surface area contributed by atoms with Crippen LogP contribution >= 0.6 is 0 Å². The molecule has 22 heavy (non-hydrogen) atoms. The summed E-state index contributed by atoms with van der Waals surface area (Å²) in [7, 11) is 0. The molecule has 0 spiro atoms. The van der Waals surface area contributed by atoms with Gasteiger partial charge in [-0.1, -0.05) is 6.92 Å². The Balaban J connectivity index is 1.56. The third-order valence-corrected chi connectivity index (χ3v) is 4.90. The number of amides is 1. The van der Waals surface area contributed by atoms with E-state index in [-0.39, 0.29) is 5.91 Å². The molecule has 0 bridgehead atoms. The zero-order chi connectivity index (χ0) is 15.4. The van der Waals surface area contributed by atoms with E-state index < -0.39 is 0 Å². The lowest BCUT2D eigenvalue weighted by molar-refractivity contribution is 0.0917. The third kappa shape index (κ3) is 3.76. The molecule has 5 nitrogen and oxygen atoms in total. The number of rotatable bonds is 3. The average Bonchev–Trinajstić information content (AvgIpc) is 2.58. The maximum Gasteiger partial charge on any atom is 0.271 e. The van der Waals surface area contributed by atoms with Gasteiger partial charge in [0.1, 0.15) is 11.5 Å². The SMILES string of the molecule is CC1CCC(NC(=O)c2cnc(N3CCCCC3)cn2)CC1. The number of piperidine rings is 1. The predicted molar refractivity (Wildman–Crippen MR) is 87.0 cm³/mol. The van der Waals surface area contributed by atoms with Gasteiger partial charge in [0.05, 0.1) is 12.4 Å². The Morgan fingerprint density at radius 3 is 2.45 bits per heavy atom. The molecule has 2 aliphatic rings. The predicted octanol–water partition coefficient (Wildman–Crippen LogP) is 2.78. The molecule has 5 heteroatoms. The summed E-state index contributed by atoms with van der Waals surface area (Å²) in [5.74, 6) is 1.59. The van der Waals surface area contributed by atoms with Crippen LogP contribution in [0.5, 0.6) is 0 Å². The van der Waals surface area contributed by atoms with Crippen molar-refractivity contribution in [2.75, 3.05) is 18.0 Å². The van der Waals surface area contributed by atoms with Crippen molar-refractivity contribution in [3.05, 3.63) is 18.1 Å². The van der Waals surface area contributed by atoms with Crippen molar-refractivity contribution in [1.82, 2.24) is 15.3 Å². The number of hydrogen-bond acceptors (Lipinski definition) is 4. The van der Waals surface area contributed by atoms with E-state index in [1.807, 2.05) is 0 Å². The summed E-state index contributed by atoms with van der Waals surface area (Å²) in [4.78, 5) is 23.3. The van der Waals surface area contributed by atoms with E-state index >= 15 is 0 Å². The Morgan fingerprint density at radius 2 is 1.82 bits per heavy atom. The Kier molecular flexibility index (Phi) is 4.90. The van der Waals surface area contributed by atoms with Gasteiger partial charge in [0.15, 0.2) is 0 Å². The third-order valence-electron chi connectivity index (χ3n) is 4.90. The van der Waals surface area contributed by atoms with E-state index in [4.69, 9.17) is 0 Å². The van der Waals surface area contributed by atoms with Crippen LogP contribution < -0.4 is 10.2 Å². The van der Waals surface area contributed by atoms with E-state index in [1.54, 1.807) is 12.4 Å². The minimum atomic E-state index is -0.0859. The van der Waals surface area contributed by atoms with Gasteiger partial charge in [-0.2, -0.15) is 0 Å². The summed E-state index contributed by atoms with van der Waals surface area (Å²) in [5, 5.41) is 3.10. The molecule has 0 atom stereocenters. The van der Waals surface area contributed by atoms with Gasteiger partial charge < -0.3 is 10.2 Å². The van der Waals surface area contributed by atoms with Gasteiger partial charge in [0.2, 0.25) is 0 Å². The molecule has 1 aromatic rings. The van der Waals surface area contributed by atoms with Crippen LogP contribution in [0.25, 0.3) is 0 Å². The quantitative estimate of drug-likeness (QED) is 0.933. The van der Waals surface area contributed by atoms with Gasteiger partial charge in [0.25, 0.3) is 5.91 Å². The van der Waals surface area contributed by atoms with E-state index in [9.17, 15) is 4.79 Å². The normalized spacial score (nSPS) is 25.8. The zero-order valence-electron chi connectivity index (χ0n) is 13.4. The van der Waals surface area contributed by atoms with E-state index in [0.29, 0.717) is 11.7 Å². The van der Waals surface area contributed by atoms with Crippen LogP contribution in [0.15, 0.2) is 12.4 Å². The lowest BCUT2D eigenvalue weighted by Crippen LogP contribution is -2.38. The van der Waals surface area contributed by atoms with Crippen molar-refractivity contribution < 1.29 is 4.79 Å². The smallest absolute Gasteiger partial charge is 0.271 e. The minimum Gasteiger partial charge on any atom is -0.355 e. The molecule has 1 saturated carbocycles. The minimum absolute atomic E-state index is 0.0859. The summed E-state index contributed by atoms with van der Waals surface area (Å²) in [6.45, 7) is 4.36. The molecule has 1 amide bonds. The Hall–Kier alpha value is -1.65. The molecule has 1 saturated heterocycles. The highest BCUT2D eigenvalue weighted by molar-refractivity contribution is 5.92. The van der Waals surface area contributed by atoms with Gasteiger partial charge in [-0.05, 0) is 50.9 Å². The number of anilines is 1. The highest BCUT2D eigenvalue weighted by Crippen LogP contribution is 2.23. The summed E-state index contributed by atoms with van der Waals surface area (Å²) in [5.41, 5.74) is 0.430. The largest absolute Gasteiger partial charge is 0.355 e. The number of aromatic nitrogens is 2. The molecule has 1 aliphatic carbocycles. The summed E-state index contributed by atoms with van der Waals surface area (Å²) in [6.07, 6.45) is 11.6. The van der Waals surface area contributed by atoms with E-state index in [2.05, 4.69) is 27.1 Å². The second-order valence-electron chi connectivity index (χ2n) is 6.74. The number of hydrogen-bond donors (Lipinski definition) is 1. The molecular formula is C17H26N4O. The van der Waals surface area contributed by atoms with Gasteiger partial charge in [-0.25, -0.2) is 9.97 Å². The first-order valence-electron chi connectivity index (χ1n) is 8.60. The molecule has 2 fully saturated rings. The summed E-state index contributed by atoms with van der Waals surface area (Å²) < 4.78 is 0. The molecule has 1 aliphatic heterocycles. The van der Waals surface area contributed by atoms with Crippen LogP contribution in [-0.4, -0.2) is 35.0 Å². The van der Waals surface area contributed by atoms with Crippen LogP contribution in [-0.2, 0) is 0 Å². The standard InChI is InChI=1S/C17H26N4O/c1-13-5-7-14(8-6-13)20-17(22)15-11-19-16(12-18-15)21-9-3-2-4-10-21/h11-14H,2-10H2,1H3,(H,20,22). The van der Waals surface area contributed by atoms with Crippen molar-refractivity contribution in [2.45, 2.75) is 57.9 Å². The fraction of sp³-hybridized carbons (Fsp3) is 0.706. The highest BCUT2D eigenvalue weighted by atomic mass is 16.1. The van der Waals surface area contributed by atoms with E-state index in [0.717, 1.165) is 37.7 Å². The van der Waals surface area contributed by atoms with Crippen molar-refractivity contribution >= 4 is 11.7 Å². The van der Waals surface area contributed by atoms with Crippen LogP contribution in [0, 0.1) is 5.92 Å². The summed E-state index contributed by atoms with van der Waals surface area (Å²) in [6, 6.07) is 0.298. The number of carbonyl (C=O) groups is 1. The number of nitrogens with zero attached hydrogens (tertiary/aromatic N) is 3. The molecule has 1 N–H and O–H groups in total. The van der Waals surface area contributed by atoms with Crippen LogP contribution in [0.3, 0.4) is 0 Å². The van der Waals surface area contributed by atoms with Crippen LogP contribution in [0.1, 0.15) is 62.4 Å².